The lowest BCUT2D eigenvalue weighted by atomic mass is 9.84. The van der Waals surface area contributed by atoms with Gasteiger partial charge in [-0.25, -0.2) is 0 Å². The first kappa shape index (κ1) is 13.4. The molecule has 18 heavy (non-hydrogen) atoms. The Kier molecular flexibility index (Phi) is 3.96. The van der Waals surface area contributed by atoms with Gasteiger partial charge >= 0.3 is 0 Å². The molecule has 2 heteroatoms. The molecule has 1 fully saturated rings. The quantitative estimate of drug-likeness (QED) is 0.883. The highest BCUT2D eigenvalue weighted by atomic mass is 15.1. The first-order valence-electron chi connectivity index (χ1n) is 7.13. The third-order valence-electron chi connectivity index (χ3n) is 4.55. The van der Waals surface area contributed by atoms with Gasteiger partial charge in [-0.3, -0.25) is 0 Å². The minimum absolute atomic E-state index is 0.276. The first-order chi connectivity index (χ1) is 8.57. The van der Waals surface area contributed by atoms with E-state index in [1.807, 2.05) is 0 Å². The second kappa shape index (κ2) is 5.31. The van der Waals surface area contributed by atoms with E-state index in [1.165, 1.54) is 30.5 Å². The monoisotopic (exact) mass is 246 g/mol. The van der Waals surface area contributed by atoms with Crippen molar-refractivity contribution in [1.82, 2.24) is 0 Å². The van der Waals surface area contributed by atoms with E-state index in [0.29, 0.717) is 6.04 Å². The molecule has 1 aromatic rings. The number of hydrogen-bond donors (Lipinski definition) is 1. The van der Waals surface area contributed by atoms with Gasteiger partial charge in [0, 0.05) is 30.2 Å². The molecule has 0 amide bonds. The van der Waals surface area contributed by atoms with Crippen molar-refractivity contribution in [3.63, 3.8) is 0 Å². The minimum Gasteiger partial charge on any atom is -0.371 e. The van der Waals surface area contributed by atoms with Crippen molar-refractivity contribution in [3.05, 3.63) is 29.8 Å². The molecule has 2 unspecified atom stereocenters. The highest BCUT2D eigenvalue weighted by Crippen LogP contribution is 2.38. The van der Waals surface area contributed by atoms with E-state index in [2.05, 4.69) is 49.9 Å². The van der Waals surface area contributed by atoms with E-state index in [-0.39, 0.29) is 5.41 Å². The van der Waals surface area contributed by atoms with Crippen molar-refractivity contribution < 1.29 is 0 Å². The summed E-state index contributed by atoms with van der Waals surface area (Å²) in [5.74, 6) is 0. The van der Waals surface area contributed by atoms with Crippen LogP contribution in [0.2, 0.25) is 0 Å². The Hall–Kier alpha value is -1.02. The second-order valence-corrected chi connectivity index (χ2v) is 5.95. The second-order valence-electron chi connectivity index (χ2n) is 5.95. The zero-order chi connectivity index (χ0) is 13.2. The van der Waals surface area contributed by atoms with Crippen molar-refractivity contribution >= 4 is 5.69 Å². The van der Waals surface area contributed by atoms with Gasteiger partial charge in [0.05, 0.1) is 0 Å². The summed E-state index contributed by atoms with van der Waals surface area (Å²) in [6.07, 6.45) is 3.72. The molecule has 0 heterocycles. The van der Waals surface area contributed by atoms with E-state index in [9.17, 15) is 0 Å². The van der Waals surface area contributed by atoms with Crippen LogP contribution in [0.4, 0.5) is 5.69 Å². The molecule has 2 nitrogen and oxygen atoms in total. The maximum absolute atomic E-state index is 6.31. The van der Waals surface area contributed by atoms with Crippen LogP contribution in [0.5, 0.6) is 0 Å². The predicted octanol–water partition coefficient (Wildman–Crippen LogP) is 3.34. The van der Waals surface area contributed by atoms with Crippen LogP contribution >= 0.6 is 0 Å². The standard InChI is InChI=1S/C16H26N2/c1-4-18(14-9-6-5-8-13(14)2)12-16(3)11-7-10-15(16)17/h5-6,8-9,15H,4,7,10-12,17H2,1-3H3. The first-order valence-corrected chi connectivity index (χ1v) is 7.13. The smallest absolute Gasteiger partial charge is 0.0396 e. The lowest BCUT2D eigenvalue weighted by molar-refractivity contribution is 0.297. The molecule has 0 aromatic heterocycles. The van der Waals surface area contributed by atoms with Gasteiger partial charge < -0.3 is 10.6 Å². The van der Waals surface area contributed by atoms with Crippen LogP contribution in [0.3, 0.4) is 0 Å². The molecule has 0 radical (unpaired) electrons. The van der Waals surface area contributed by atoms with Crippen LogP contribution in [0.15, 0.2) is 24.3 Å². The molecule has 1 aromatic carbocycles. The Labute approximate surface area is 111 Å². The third-order valence-corrected chi connectivity index (χ3v) is 4.55. The topological polar surface area (TPSA) is 29.3 Å². The molecular weight excluding hydrogens is 220 g/mol. The van der Waals surface area contributed by atoms with E-state index < -0.39 is 0 Å². The maximum atomic E-state index is 6.31. The summed E-state index contributed by atoms with van der Waals surface area (Å²) in [4.78, 5) is 2.49. The average Bonchev–Trinajstić information content (AvgIpc) is 2.68. The van der Waals surface area contributed by atoms with E-state index in [1.54, 1.807) is 0 Å². The number of aryl methyl sites for hydroxylation is 1. The normalized spacial score (nSPS) is 27.4. The van der Waals surface area contributed by atoms with Crippen molar-refractivity contribution in [2.24, 2.45) is 11.1 Å². The number of rotatable bonds is 4. The fourth-order valence-corrected chi connectivity index (χ4v) is 3.18. The number of para-hydroxylation sites is 1. The van der Waals surface area contributed by atoms with Gasteiger partial charge in [-0.1, -0.05) is 31.5 Å². The molecule has 2 rings (SSSR count). The maximum Gasteiger partial charge on any atom is 0.0396 e. The number of nitrogens with two attached hydrogens (primary N) is 1. The van der Waals surface area contributed by atoms with E-state index >= 15 is 0 Å². The van der Waals surface area contributed by atoms with Gasteiger partial charge in [0.15, 0.2) is 0 Å². The molecule has 2 atom stereocenters. The SMILES string of the molecule is CCN(CC1(C)CCCC1N)c1ccccc1C. The molecular formula is C16H26N2. The molecule has 0 aliphatic heterocycles. The Bertz CT molecular complexity index is 402. The summed E-state index contributed by atoms with van der Waals surface area (Å²) in [7, 11) is 0. The summed E-state index contributed by atoms with van der Waals surface area (Å²) in [5, 5.41) is 0. The molecule has 0 spiro atoms. The van der Waals surface area contributed by atoms with Crippen LogP contribution in [0.25, 0.3) is 0 Å². The molecule has 2 N–H and O–H groups in total. The van der Waals surface area contributed by atoms with Crippen molar-refractivity contribution in [3.8, 4) is 0 Å². The Morgan fingerprint density at radius 2 is 2.11 bits per heavy atom. The summed E-state index contributed by atoms with van der Waals surface area (Å²) < 4.78 is 0. The molecule has 0 bridgehead atoms. The van der Waals surface area contributed by atoms with Gasteiger partial charge in [0.2, 0.25) is 0 Å². The lowest BCUT2D eigenvalue weighted by Gasteiger charge is -2.37. The zero-order valence-electron chi connectivity index (χ0n) is 11.9. The van der Waals surface area contributed by atoms with E-state index in [0.717, 1.165) is 13.1 Å². The highest BCUT2D eigenvalue weighted by Gasteiger charge is 2.37. The van der Waals surface area contributed by atoms with Crippen molar-refractivity contribution in [2.45, 2.75) is 46.1 Å². The third kappa shape index (κ3) is 2.54. The summed E-state index contributed by atoms with van der Waals surface area (Å²) in [5.41, 5.74) is 9.30. The largest absolute Gasteiger partial charge is 0.371 e. The Morgan fingerprint density at radius 1 is 1.39 bits per heavy atom. The van der Waals surface area contributed by atoms with Crippen LogP contribution < -0.4 is 10.6 Å². The number of hydrogen-bond acceptors (Lipinski definition) is 2. The summed E-state index contributed by atoms with van der Waals surface area (Å²) in [6, 6.07) is 9.00. The van der Waals surface area contributed by atoms with Gasteiger partial charge in [0.25, 0.3) is 0 Å². The summed E-state index contributed by atoms with van der Waals surface area (Å²) >= 11 is 0. The number of nitrogens with zero attached hydrogens (tertiary/aromatic N) is 1. The number of anilines is 1. The van der Waals surface area contributed by atoms with Crippen molar-refractivity contribution in [2.75, 3.05) is 18.0 Å². The highest BCUT2D eigenvalue weighted by molar-refractivity contribution is 5.53. The van der Waals surface area contributed by atoms with Crippen LogP contribution in [0.1, 0.15) is 38.7 Å². The van der Waals surface area contributed by atoms with Gasteiger partial charge in [-0.2, -0.15) is 0 Å². The fraction of sp³-hybridized carbons (Fsp3) is 0.625. The van der Waals surface area contributed by atoms with Crippen LogP contribution in [0, 0.1) is 12.3 Å². The minimum atomic E-state index is 0.276. The van der Waals surface area contributed by atoms with Gasteiger partial charge in [-0.15, -0.1) is 0 Å². The van der Waals surface area contributed by atoms with Crippen LogP contribution in [-0.2, 0) is 0 Å². The van der Waals surface area contributed by atoms with E-state index in [4.69, 9.17) is 5.73 Å². The molecule has 1 aliphatic rings. The van der Waals surface area contributed by atoms with Crippen LogP contribution in [-0.4, -0.2) is 19.1 Å². The molecule has 100 valence electrons. The van der Waals surface area contributed by atoms with Crippen molar-refractivity contribution in [1.29, 1.82) is 0 Å². The predicted molar refractivity (Wildman–Crippen MR) is 79.0 cm³/mol. The number of benzene rings is 1. The molecule has 1 aliphatic carbocycles. The summed E-state index contributed by atoms with van der Waals surface area (Å²) in [6.45, 7) is 8.90. The molecule has 0 saturated heterocycles. The Morgan fingerprint density at radius 3 is 2.67 bits per heavy atom. The van der Waals surface area contributed by atoms with Gasteiger partial charge in [0.1, 0.15) is 0 Å². The lowest BCUT2D eigenvalue weighted by Crippen LogP contribution is -2.44. The zero-order valence-corrected chi connectivity index (χ0v) is 11.9. The molecule has 1 saturated carbocycles. The Balaban J connectivity index is 2.18. The average molecular weight is 246 g/mol. The fourth-order valence-electron chi connectivity index (χ4n) is 3.18. The van der Waals surface area contributed by atoms with Gasteiger partial charge in [-0.05, 0) is 38.3 Å².